The minimum atomic E-state index is -0.0521. The lowest BCUT2D eigenvalue weighted by Crippen LogP contribution is -2.21. The zero-order valence-corrected chi connectivity index (χ0v) is 11.3. The van der Waals surface area contributed by atoms with Crippen LogP contribution in [-0.2, 0) is 13.6 Å². The van der Waals surface area contributed by atoms with Gasteiger partial charge in [-0.1, -0.05) is 0 Å². The molecule has 0 bridgehead atoms. The van der Waals surface area contributed by atoms with Crippen LogP contribution in [0.5, 0.6) is 0 Å². The molecule has 2 rings (SSSR count). The van der Waals surface area contributed by atoms with E-state index in [1.165, 1.54) is 4.90 Å². The number of aryl methyl sites for hydroxylation is 1. The summed E-state index contributed by atoms with van der Waals surface area (Å²) in [5, 5.41) is 7.42. The van der Waals surface area contributed by atoms with Crippen LogP contribution in [0.3, 0.4) is 0 Å². The molecule has 2 aromatic rings. The lowest BCUT2D eigenvalue weighted by Gasteiger charge is -2.10. The SMILES string of the molecule is CN(C)C(=O)c1ccc(NCc2ccn(C)n2)nc1. The molecular weight excluding hydrogens is 242 g/mol. The van der Waals surface area contributed by atoms with Crippen molar-refractivity contribution in [2.75, 3.05) is 19.4 Å². The number of hydrogen-bond acceptors (Lipinski definition) is 4. The van der Waals surface area contributed by atoms with E-state index in [0.29, 0.717) is 12.1 Å². The molecule has 0 saturated carbocycles. The summed E-state index contributed by atoms with van der Waals surface area (Å²) in [6, 6.07) is 5.49. The van der Waals surface area contributed by atoms with Crippen LogP contribution in [0.25, 0.3) is 0 Å². The first-order chi connectivity index (χ1) is 9.06. The first kappa shape index (κ1) is 13.1. The van der Waals surface area contributed by atoms with E-state index < -0.39 is 0 Å². The van der Waals surface area contributed by atoms with Crippen molar-refractivity contribution in [2.45, 2.75) is 6.54 Å². The van der Waals surface area contributed by atoms with E-state index in [1.54, 1.807) is 37.1 Å². The number of pyridine rings is 1. The van der Waals surface area contributed by atoms with Gasteiger partial charge in [0.25, 0.3) is 5.91 Å². The first-order valence-corrected chi connectivity index (χ1v) is 5.96. The van der Waals surface area contributed by atoms with Crippen LogP contribution in [0.1, 0.15) is 16.1 Å². The number of amides is 1. The minimum absolute atomic E-state index is 0.0521. The van der Waals surface area contributed by atoms with Gasteiger partial charge in [0.1, 0.15) is 5.82 Å². The highest BCUT2D eigenvalue weighted by Crippen LogP contribution is 2.08. The number of carbonyl (C=O) groups is 1. The highest BCUT2D eigenvalue weighted by Gasteiger charge is 2.07. The number of hydrogen-bond donors (Lipinski definition) is 1. The van der Waals surface area contributed by atoms with Crippen LogP contribution in [0, 0.1) is 0 Å². The van der Waals surface area contributed by atoms with Crippen molar-refractivity contribution in [3.63, 3.8) is 0 Å². The Morgan fingerprint density at radius 2 is 2.16 bits per heavy atom. The standard InChI is InChI=1S/C13H17N5O/c1-17(2)13(19)10-4-5-12(14-8-10)15-9-11-6-7-18(3)16-11/h4-8H,9H2,1-3H3,(H,14,15). The van der Waals surface area contributed by atoms with Crippen LogP contribution in [0.2, 0.25) is 0 Å². The molecule has 6 heteroatoms. The summed E-state index contributed by atoms with van der Waals surface area (Å²) in [5.41, 5.74) is 1.52. The first-order valence-electron chi connectivity index (χ1n) is 5.96. The highest BCUT2D eigenvalue weighted by atomic mass is 16.2. The maximum Gasteiger partial charge on any atom is 0.254 e. The van der Waals surface area contributed by atoms with E-state index in [0.717, 1.165) is 11.5 Å². The third-order valence-corrected chi connectivity index (χ3v) is 2.64. The Kier molecular flexibility index (Phi) is 3.79. The third kappa shape index (κ3) is 3.31. The molecule has 0 aliphatic heterocycles. The largest absolute Gasteiger partial charge is 0.364 e. The molecule has 100 valence electrons. The second-order valence-corrected chi connectivity index (χ2v) is 4.47. The molecule has 2 aromatic heterocycles. The summed E-state index contributed by atoms with van der Waals surface area (Å²) in [4.78, 5) is 17.4. The Hall–Kier alpha value is -2.37. The van der Waals surface area contributed by atoms with Gasteiger partial charge in [0.05, 0.1) is 17.8 Å². The van der Waals surface area contributed by atoms with E-state index in [9.17, 15) is 4.79 Å². The fraction of sp³-hybridized carbons (Fsp3) is 0.308. The van der Waals surface area contributed by atoms with E-state index in [2.05, 4.69) is 15.4 Å². The summed E-state index contributed by atoms with van der Waals surface area (Å²) in [7, 11) is 5.31. The molecule has 0 aromatic carbocycles. The molecule has 6 nitrogen and oxygen atoms in total. The molecule has 0 fully saturated rings. The normalized spacial score (nSPS) is 10.3. The Labute approximate surface area is 112 Å². The number of aromatic nitrogens is 3. The maximum absolute atomic E-state index is 11.7. The Bertz CT molecular complexity index is 559. The summed E-state index contributed by atoms with van der Waals surface area (Å²) in [6.07, 6.45) is 3.46. The molecule has 0 aliphatic rings. The van der Waals surface area contributed by atoms with Gasteiger partial charge in [-0.25, -0.2) is 4.98 Å². The minimum Gasteiger partial charge on any atom is -0.364 e. The van der Waals surface area contributed by atoms with Gasteiger partial charge in [-0.2, -0.15) is 5.10 Å². The molecule has 19 heavy (non-hydrogen) atoms. The van der Waals surface area contributed by atoms with Crippen molar-refractivity contribution in [3.05, 3.63) is 41.9 Å². The van der Waals surface area contributed by atoms with E-state index in [-0.39, 0.29) is 5.91 Å². The quantitative estimate of drug-likeness (QED) is 0.894. The number of nitrogens with one attached hydrogen (secondary N) is 1. The van der Waals surface area contributed by atoms with E-state index >= 15 is 0 Å². The van der Waals surface area contributed by atoms with Gasteiger partial charge < -0.3 is 10.2 Å². The maximum atomic E-state index is 11.7. The lowest BCUT2D eigenvalue weighted by molar-refractivity contribution is 0.0827. The smallest absolute Gasteiger partial charge is 0.254 e. The molecule has 0 atom stereocenters. The summed E-state index contributed by atoms with van der Waals surface area (Å²) >= 11 is 0. The predicted octanol–water partition coefficient (Wildman–Crippen LogP) is 1.13. The summed E-state index contributed by atoms with van der Waals surface area (Å²) in [6.45, 7) is 0.606. The second-order valence-electron chi connectivity index (χ2n) is 4.47. The molecule has 0 saturated heterocycles. The predicted molar refractivity (Wildman–Crippen MR) is 72.8 cm³/mol. The van der Waals surface area contributed by atoms with Crippen LogP contribution >= 0.6 is 0 Å². The Morgan fingerprint density at radius 3 is 2.68 bits per heavy atom. The van der Waals surface area contributed by atoms with Gasteiger partial charge in [-0.05, 0) is 18.2 Å². The van der Waals surface area contributed by atoms with Gasteiger partial charge in [0.2, 0.25) is 0 Å². The molecule has 0 radical (unpaired) electrons. The third-order valence-electron chi connectivity index (χ3n) is 2.64. The fourth-order valence-electron chi connectivity index (χ4n) is 1.62. The molecule has 0 spiro atoms. The fourth-order valence-corrected chi connectivity index (χ4v) is 1.62. The molecule has 1 amide bonds. The van der Waals surface area contributed by atoms with Crippen LogP contribution in [0.15, 0.2) is 30.6 Å². The Morgan fingerprint density at radius 1 is 1.37 bits per heavy atom. The molecule has 1 N–H and O–H groups in total. The van der Waals surface area contributed by atoms with Gasteiger partial charge in [-0.15, -0.1) is 0 Å². The topological polar surface area (TPSA) is 63.1 Å². The van der Waals surface area contributed by atoms with Crippen molar-refractivity contribution in [3.8, 4) is 0 Å². The number of anilines is 1. The molecule has 2 heterocycles. The second kappa shape index (κ2) is 5.51. The van der Waals surface area contributed by atoms with Crippen LogP contribution < -0.4 is 5.32 Å². The average Bonchev–Trinajstić information content (AvgIpc) is 2.82. The number of carbonyl (C=O) groups excluding carboxylic acids is 1. The van der Waals surface area contributed by atoms with Crippen molar-refractivity contribution < 1.29 is 4.79 Å². The average molecular weight is 259 g/mol. The van der Waals surface area contributed by atoms with E-state index in [1.807, 2.05) is 19.3 Å². The Balaban J connectivity index is 1.97. The van der Waals surface area contributed by atoms with Gasteiger partial charge >= 0.3 is 0 Å². The zero-order chi connectivity index (χ0) is 13.8. The van der Waals surface area contributed by atoms with Crippen molar-refractivity contribution >= 4 is 11.7 Å². The van der Waals surface area contributed by atoms with E-state index in [4.69, 9.17) is 0 Å². The summed E-state index contributed by atoms with van der Waals surface area (Å²) < 4.78 is 1.75. The number of rotatable bonds is 4. The monoisotopic (exact) mass is 259 g/mol. The summed E-state index contributed by atoms with van der Waals surface area (Å²) in [5.74, 6) is 0.671. The van der Waals surface area contributed by atoms with Gasteiger partial charge in [0.15, 0.2) is 0 Å². The van der Waals surface area contributed by atoms with Crippen LogP contribution in [0.4, 0.5) is 5.82 Å². The van der Waals surface area contributed by atoms with Crippen molar-refractivity contribution in [1.82, 2.24) is 19.7 Å². The zero-order valence-electron chi connectivity index (χ0n) is 11.3. The van der Waals surface area contributed by atoms with Crippen molar-refractivity contribution in [1.29, 1.82) is 0 Å². The van der Waals surface area contributed by atoms with Crippen LogP contribution in [-0.4, -0.2) is 39.7 Å². The van der Waals surface area contributed by atoms with Gasteiger partial charge in [-0.3, -0.25) is 9.48 Å². The molecular formula is C13H17N5O. The van der Waals surface area contributed by atoms with Crippen molar-refractivity contribution in [2.24, 2.45) is 7.05 Å². The highest BCUT2D eigenvalue weighted by molar-refractivity contribution is 5.93. The number of nitrogens with zero attached hydrogens (tertiary/aromatic N) is 4. The molecule has 0 unspecified atom stereocenters. The van der Waals surface area contributed by atoms with Gasteiger partial charge in [0, 0.05) is 33.5 Å². The molecule has 0 aliphatic carbocycles. The lowest BCUT2D eigenvalue weighted by atomic mass is 10.2.